The molecule has 0 N–H and O–H groups in total. The first-order valence-corrected chi connectivity index (χ1v) is 7.17. The van der Waals surface area contributed by atoms with Crippen molar-refractivity contribution < 1.29 is 14.3 Å². The van der Waals surface area contributed by atoms with Crippen molar-refractivity contribution in [1.29, 1.82) is 0 Å². The van der Waals surface area contributed by atoms with Crippen LogP contribution in [0.2, 0.25) is 0 Å². The lowest BCUT2D eigenvalue weighted by Gasteiger charge is -2.22. The molecule has 1 saturated heterocycles. The molecule has 1 aliphatic heterocycles. The lowest BCUT2D eigenvalue weighted by molar-refractivity contribution is -0.140. The first-order chi connectivity index (χ1) is 7.72. The average Bonchev–Trinajstić information content (AvgIpc) is 2.75. The third kappa shape index (κ3) is 4.22. The quantitative estimate of drug-likeness (QED) is 0.416. The van der Waals surface area contributed by atoms with E-state index in [0.717, 1.165) is 30.6 Å². The SMILES string of the molecule is COC(=O)CCCC1(/C=C/C=O)SCCS1. The predicted molar refractivity (Wildman–Crippen MR) is 68.7 cm³/mol. The van der Waals surface area contributed by atoms with Crippen molar-refractivity contribution in [2.24, 2.45) is 0 Å². The Balaban J connectivity index is 2.42. The molecule has 5 heteroatoms. The van der Waals surface area contributed by atoms with Gasteiger partial charge in [0, 0.05) is 17.9 Å². The number of aldehydes is 1. The number of hydrogen-bond acceptors (Lipinski definition) is 5. The van der Waals surface area contributed by atoms with E-state index in [-0.39, 0.29) is 10.0 Å². The van der Waals surface area contributed by atoms with Crippen LogP contribution in [0.3, 0.4) is 0 Å². The van der Waals surface area contributed by atoms with Gasteiger partial charge in [0.1, 0.15) is 6.29 Å². The number of allylic oxidation sites excluding steroid dienone is 1. The van der Waals surface area contributed by atoms with Gasteiger partial charge in [-0.2, -0.15) is 0 Å². The highest BCUT2D eigenvalue weighted by molar-refractivity contribution is 8.21. The van der Waals surface area contributed by atoms with Crippen molar-refractivity contribution in [1.82, 2.24) is 0 Å². The van der Waals surface area contributed by atoms with E-state index in [1.165, 1.54) is 7.11 Å². The van der Waals surface area contributed by atoms with E-state index >= 15 is 0 Å². The molecule has 0 bridgehead atoms. The van der Waals surface area contributed by atoms with E-state index < -0.39 is 0 Å². The summed E-state index contributed by atoms with van der Waals surface area (Å²) in [5, 5.41) is 0. The zero-order valence-corrected chi connectivity index (χ0v) is 10.9. The maximum Gasteiger partial charge on any atom is 0.305 e. The third-order valence-corrected chi connectivity index (χ3v) is 5.78. The number of ether oxygens (including phenoxy) is 1. The van der Waals surface area contributed by atoms with Gasteiger partial charge in [-0.3, -0.25) is 9.59 Å². The minimum Gasteiger partial charge on any atom is -0.469 e. The first-order valence-electron chi connectivity index (χ1n) is 5.20. The monoisotopic (exact) mass is 260 g/mol. The Morgan fingerprint density at radius 1 is 1.44 bits per heavy atom. The fourth-order valence-corrected chi connectivity index (χ4v) is 4.68. The van der Waals surface area contributed by atoms with Crippen LogP contribution in [0.1, 0.15) is 19.3 Å². The number of carbonyl (C=O) groups is 2. The van der Waals surface area contributed by atoms with Gasteiger partial charge in [-0.15, -0.1) is 23.5 Å². The van der Waals surface area contributed by atoms with Gasteiger partial charge in [0.05, 0.1) is 11.2 Å². The van der Waals surface area contributed by atoms with Gasteiger partial charge in [0.25, 0.3) is 0 Å². The molecule has 90 valence electrons. The molecule has 0 atom stereocenters. The molecule has 1 fully saturated rings. The summed E-state index contributed by atoms with van der Waals surface area (Å²) in [6.07, 6.45) is 6.48. The molecule has 0 saturated carbocycles. The summed E-state index contributed by atoms with van der Waals surface area (Å²) in [6.45, 7) is 0. The molecule has 0 aromatic rings. The summed E-state index contributed by atoms with van der Waals surface area (Å²) < 4.78 is 4.60. The molecule has 16 heavy (non-hydrogen) atoms. The Morgan fingerprint density at radius 3 is 2.69 bits per heavy atom. The van der Waals surface area contributed by atoms with Gasteiger partial charge in [-0.25, -0.2) is 0 Å². The lowest BCUT2D eigenvalue weighted by Crippen LogP contribution is -2.14. The van der Waals surface area contributed by atoms with Crippen LogP contribution in [0.15, 0.2) is 12.2 Å². The van der Waals surface area contributed by atoms with Crippen molar-refractivity contribution in [3.8, 4) is 0 Å². The molecule has 0 aliphatic carbocycles. The van der Waals surface area contributed by atoms with Crippen LogP contribution < -0.4 is 0 Å². The topological polar surface area (TPSA) is 43.4 Å². The van der Waals surface area contributed by atoms with Crippen molar-refractivity contribution >= 4 is 35.8 Å². The van der Waals surface area contributed by atoms with E-state index in [1.807, 2.05) is 29.6 Å². The Morgan fingerprint density at radius 2 is 2.12 bits per heavy atom. The van der Waals surface area contributed by atoms with E-state index in [4.69, 9.17) is 0 Å². The summed E-state index contributed by atoms with van der Waals surface area (Å²) in [5.41, 5.74) is 0. The Kier molecular flexibility index (Phi) is 5.98. The van der Waals surface area contributed by atoms with Crippen LogP contribution in [0, 0.1) is 0 Å². The average molecular weight is 260 g/mol. The second kappa shape index (κ2) is 7.01. The fraction of sp³-hybridized carbons (Fsp3) is 0.636. The number of rotatable bonds is 6. The number of methoxy groups -OCH3 is 1. The van der Waals surface area contributed by atoms with Gasteiger partial charge < -0.3 is 4.74 Å². The van der Waals surface area contributed by atoms with Crippen LogP contribution in [0.5, 0.6) is 0 Å². The first kappa shape index (κ1) is 13.6. The summed E-state index contributed by atoms with van der Waals surface area (Å²) >= 11 is 3.71. The molecule has 0 aromatic carbocycles. The van der Waals surface area contributed by atoms with Gasteiger partial charge in [0.15, 0.2) is 0 Å². The standard InChI is InChI=1S/C11H16O3S2/c1-14-10(13)4-2-5-11(6-3-7-12)15-8-9-16-11/h3,6-7H,2,4-5,8-9H2,1H3/b6-3+. The molecule has 1 heterocycles. The fourth-order valence-electron chi connectivity index (χ4n) is 1.56. The van der Waals surface area contributed by atoms with Gasteiger partial charge in [-0.1, -0.05) is 6.08 Å². The van der Waals surface area contributed by atoms with Crippen molar-refractivity contribution in [2.75, 3.05) is 18.6 Å². The van der Waals surface area contributed by atoms with Crippen LogP contribution in [-0.4, -0.2) is 35.0 Å². The normalized spacial score (nSPS) is 18.8. The summed E-state index contributed by atoms with van der Waals surface area (Å²) in [5.74, 6) is 2.04. The molecule has 0 radical (unpaired) electrons. The molecule has 1 aliphatic rings. The van der Waals surface area contributed by atoms with Gasteiger partial charge in [0.2, 0.25) is 0 Å². The van der Waals surface area contributed by atoms with Crippen LogP contribution in [0.4, 0.5) is 0 Å². The Labute approximate surface area is 104 Å². The number of thioether (sulfide) groups is 2. The summed E-state index contributed by atoms with van der Waals surface area (Å²) in [7, 11) is 1.41. The van der Waals surface area contributed by atoms with E-state index in [0.29, 0.717) is 6.42 Å². The van der Waals surface area contributed by atoms with Crippen LogP contribution in [-0.2, 0) is 14.3 Å². The minimum atomic E-state index is -0.164. The second-order valence-corrected chi connectivity index (χ2v) is 6.54. The van der Waals surface area contributed by atoms with Crippen molar-refractivity contribution in [3.63, 3.8) is 0 Å². The number of esters is 1. The zero-order chi connectivity index (χ0) is 11.9. The number of carbonyl (C=O) groups excluding carboxylic acids is 2. The molecule has 1 rings (SSSR count). The molecular weight excluding hydrogens is 244 g/mol. The molecule has 0 aromatic heterocycles. The molecule has 0 unspecified atom stereocenters. The van der Waals surface area contributed by atoms with Crippen molar-refractivity contribution in [2.45, 2.75) is 23.3 Å². The smallest absolute Gasteiger partial charge is 0.305 e. The highest BCUT2D eigenvalue weighted by atomic mass is 32.2. The van der Waals surface area contributed by atoms with E-state index in [1.54, 1.807) is 6.08 Å². The van der Waals surface area contributed by atoms with Crippen LogP contribution in [0.25, 0.3) is 0 Å². The van der Waals surface area contributed by atoms with E-state index in [2.05, 4.69) is 4.74 Å². The van der Waals surface area contributed by atoms with E-state index in [9.17, 15) is 9.59 Å². The zero-order valence-electron chi connectivity index (χ0n) is 9.31. The third-order valence-electron chi connectivity index (χ3n) is 2.34. The second-order valence-electron chi connectivity index (χ2n) is 3.43. The molecule has 3 nitrogen and oxygen atoms in total. The highest BCUT2D eigenvalue weighted by Gasteiger charge is 2.32. The molecule has 0 spiro atoms. The Hall–Kier alpha value is -0.420. The van der Waals surface area contributed by atoms with Gasteiger partial charge in [-0.05, 0) is 18.9 Å². The summed E-state index contributed by atoms with van der Waals surface area (Å²) in [6, 6.07) is 0. The highest BCUT2D eigenvalue weighted by Crippen LogP contribution is 2.48. The predicted octanol–water partition coefficient (Wildman–Crippen LogP) is 2.26. The van der Waals surface area contributed by atoms with Crippen molar-refractivity contribution in [3.05, 3.63) is 12.2 Å². The number of hydrogen-bond donors (Lipinski definition) is 0. The molecule has 0 amide bonds. The maximum atomic E-state index is 11.0. The summed E-state index contributed by atoms with van der Waals surface area (Å²) in [4.78, 5) is 21.3. The minimum absolute atomic E-state index is 0.00503. The molecular formula is C11H16O3S2. The largest absolute Gasteiger partial charge is 0.469 e. The lowest BCUT2D eigenvalue weighted by atomic mass is 10.1. The Bertz CT molecular complexity index is 270. The maximum absolute atomic E-state index is 11.0. The van der Waals surface area contributed by atoms with Gasteiger partial charge >= 0.3 is 5.97 Å². The van der Waals surface area contributed by atoms with Crippen LogP contribution >= 0.6 is 23.5 Å².